The molecule has 0 spiro atoms. The Bertz CT molecular complexity index is 446. The maximum absolute atomic E-state index is 11.9. The fourth-order valence-corrected chi connectivity index (χ4v) is 2.51. The fourth-order valence-electron chi connectivity index (χ4n) is 2.51. The van der Waals surface area contributed by atoms with Crippen LogP contribution in [0.15, 0.2) is 18.2 Å². The molecule has 1 saturated carbocycles. The van der Waals surface area contributed by atoms with Gasteiger partial charge in [0.05, 0.1) is 5.54 Å². The van der Waals surface area contributed by atoms with Crippen LogP contribution in [-0.4, -0.2) is 11.3 Å². The van der Waals surface area contributed by atoms with E-state index in [9.17, 15) is 4.79 Å². The predicted octanol–water partition coefficient (Wildman–Crippen LogP) is 1.78. The van der Waals surface area contributed by atoms with E-state index in [1.165, 1.54) is 30.4 Å². The minimum absolute atomic E-state index is 0.213. The van der Waals surface area contributed by atoms with E-state index in [-0.39, 0.29) is 5.78 Å². The summed E-state index contributed by atoms with van der Waals surface area (Å²) in [5.41, 5.74) is 9.47. The standard InChI is InChI=1S/C14H17NO/c15-14(6-7-14)13(16)9-10-4-5-11-2-1-3-12(11)8-10/h4-5,8H,1-3,6-7,9,15H2. The number of hydrogen-bond donors (Lipinski definition) is 1. The second kappa shape index (κ2) is 3.42. The highest BCUT2D eigenvalue weighted by atomic mass is 16.1. The molecule has 1 fully saturated rings. The van der Waals surface area contributed by atoms with E-state index >= 15 is 0 Å². The second-order valence-electron chi connectivity index (χ2n) is 5.21. The molecule has 0 aliphatic heterocycles. The quantitative estimate of drug-likeness (QED) is 0.835. The van der Waals surface area contributed by atoms with Crippen molar-refractivity contribution in [3.05, 3.63) is 34.9 Å². The maximum atomic E-state index is 11.9. The molecule has 2 nitrogen and oxygen atoms in total. The number of ketones is 1. The number of benzene rings is 1. The molecular weight excluding hydrogens is 198 g/mol. The molecule has 0 radical (unpaired) electrons. The van der Waals surface area contributed by atoms with E-state index in [0.717, 1.165) is 18.4 Å². The lowest BCUT2D eigenvalue weighted by Crippen LogP contribution is -2.34. The van der Waals surface area contributed by atoms with E-state index in [1.807, 2.05) is 0 Å². The lowest BCUT2D eigenvalue weighted by Gasteiger charge is -2.08. The van der Waals surface area contributed by atoms with E-state index in [0.29, 0.717) is 6.42 Å². The normalized spacial score (nSPS) is 20.6. The third-order valence-electron chi connectivity index (χ3n) is 3.87. The molecule has 0 bridgehead atoms. The second-order valence-corrected chi connectivity index (χ2v) is 5.21. The van der Waals surface area contributed by atoms with Gasteiger partial charge in [-0.3, -0.25) is 4.79 Å². The Balaban J connectivity index is 1.78. The van der Waals surface area contributed by atoms with Gasteiger partial charge in [-0.25, -0.2) is 0 Å². The molecule has 2 heteroatoms. The highest BCUT2D eigenvalue weighted by Gasteiger charge is 2.44. The first-order valence-electron chi connectivity index (χ1n) is 6.10. The van der Waals surface area contributed by atoms with Crippen molar-refractivity contribution < 1.29 is 4.79 Å². The molecule has 2 aliphatic rings. The summed E-state index contributed by atoms with van der Waals surface area (Å²) in [5.74, 6) is 0.213. The number of nitrogens with two attached hydrogens (primary N) is 1. The van der Waals surface area contributed by atoms with Crippen LogP contribution in [0.3, 0.4) is 0 Å². The van der Waals surface area contributed by atoms with E-state index in [2.05, 4.69) is 18.2 Å². The first-order chi connectivity index (χ1) is 7.67. The van der Waals surface area contributed by atoms with Gasteiger partial charge >= 0.3 is 0 Å². The number of aryl methyl sites for hydroxylation is 2. The van der Waals surface area contributed by atoms with Gasteiger partial charge in [0, 0.05) is 6.42 Å². The van der Waals surface area contributed by atoms with Gasteiger partial charge in [0.1, 0.15) is 0 Å². The smallest absolute Gasteiger partial charge is 0.156 e. The van der Waals surface area contributed by atoms with Crippen molar-refractivity contribution >= 4 is 5.78 Å². The zero-order valence-corrected chi connectivity index (χ0v) is 9.46. The molecule has 0 aromatic heterocycles. The van der Waals surface area contributed by atoms with Crippen molar-refractivity contribution in [2.75, 3.05) is 0 Å². The Kier molecular flexibility index (Phi) is 2.15. The third kappa shape index (κ3) is 1.67. The lowest BCUT2D eigenvalue weighted by atomic mass is 9.99. The molecule has 0 atom stereocenters. The van der Waals surface area contributed by atoms with E-state index in [1.54, 1.807) is 0 Å². The molecule has 1 aromatic rings. The predicted molar refractivity (Wildman–Crippen MR) is 63.3 cm³/mol. The van der Waals surface area contributed by atoms with E-state index in [4.69, 9.17) is 5.73 Å². The van der Waals surface area contributed by atoms with Crippen LogP contribution < -0.4 is 5.73 Å². The molecule has 1 aromatic carbocycles. The summed E-state index contributed by atoms with van der Waals surface area (Å²) in [4.78, 5) is 11.9. The molecule has 84 valence electrons. The summed E-state index contributed by atoms with van der Waals surface area (Å²) in [7, 11) is 0. The van der Waals surface area contributed by atoms with E-state index < -0.39 is 5.54 Å². The summed E-state index contributed by atoms with van der Waals surface area (Å²) in [6.45, 7) is 0. The molecule has 3 rings (SSSR count). The highest BCUT2D eigenvalue weighted by molar-refractivity contribution is 5.92. The van der Waals surface area contributed by atoms with Gasteiger partial charge in [0.2, 0.25) is 0 Å². The minimum atomic E-state index is -0.473. The minimum Gasteiger partial charge on any atom is -0.319 e. The number of carbonyl (C=O) groups excluding carboxylic acids is 1. The van der Waals surface area contributed by atoms with Crippen molar-refractivity contribution in [1.29, 1.82) is 0 Å². The number of hydrogen-bond acceptors (Lipinski definition) is 2. The maximum Gasteiger partial charge on any atom is 0.156 e. The highest BCUT2D eigenvalue weighted by Crippen LogP contribution is 2.34. The van der Waals surface area contributed by atoms with Gasteiger partial charge in [-0.15, -0.1) is 0 Å². The van der Waals surface area contributed by atoms with Gasteiger partial charge in [-0.2, -0.15) is 0 Å². The Hall–Kier alpha value is -1.15. The van der Waals surface area contributed by atoms with Gasteiger partial charge in [-0.1, -0.05) is 18.2 Å². The summed E-state index contributed by atoms with van der Waals surface area (Å²) >= 11 is 0. The SMILES string of the molecule is NC1(C(=O)Cc2ccc3c(c2)CCC3)CC1. The molecule has 0 heterocycles. The van der Waals surface area contributed by atoms with Crippen LogP contribution in [0.2, 0.25) is 0 Å². The Labute approximate surface area is 95.8 Å². The van der Waals surface area contributed by atoms with Crippen LogP contribution in [0.4, 0.5) is 0 Å². The Morgan fingerprint density at radius 2 is 2.00 bits per heavy atom. The van der Waals surface area contributed by atoms with Crippen LogP contribution in [0, 0.1) is 0 Å². The average molecular weight is 215 g/mol. The molecule has 0 amide bonds. The number of carbonyl (C=O) groups is 1. The van der Waals surface area contributed by atoms with Gasteiger partial charge in [-0.05, 0) is 48.8 Å². The third-order valence-corrected chi connectivity index (χ3v) is 3.87. The van der Waals surface area contributed by atoms with Gasteiger partial charge in [0.25, 0.3) is 0 Å². The van der Waals surface area contributed by atoms with Crippen molar-refractivity contribution in [3.63, 3.8) is 0 Å². The number of Topliss-reactive ketones (excluding diaryl/α,β-unsaturated/α-hetero) is 1. The average Bonchev–Trinajstić information content (AvgIpc) is 2.87. The first-order valence-corrected chi connectivity index (χ1v) is 6.10. The van der Waals surface area contributed by atoms with Crippen LogP contribution in [0.25, 0.3) is 0 Å². The Morgan fingerprint density at radius 1 is 1.25 bits per heavy atom. The van der Waals surface area contributed by atoms with Crippen molar-refractivity contribution in [1.82, 2.24) is 0 Å². The lowest BCUT2D eigenvalue weighted by molar-refractivity contribution is -0.120. The molecule has 0 unspecified atom stereocenters. The molecule has 16 heavy (non-hydrogen) atoms. The molecule has 2 N–H and O–H groups in total. The zero-order valence-electron chi connectivity index (χ0n) is 9.46. The summed E-state index contributed by atoms with van der Waals surface area (Å²) in [5, 5.41) is 0. The number of rotatable bonds is 3. The zero-order chi connectivity index (χ0) is 11.2. The fraction of sp³-hybridized carbons (Fsp3) is 0.500. The molecular formula is C14H17NO. The van der Waals surface area contributed by atoms with Crippen molar-refractivity contribution in [2.24, 2.45) is 5.73 Å². The summed E-state index contributed by atoms with van der Waals surface area (Å²) < 4.78 is 0. The summed E-state index contributed by atoms with van der Waals surface area (Å²) in [6.07, 6.45) is 5.89. The van der Waals surface area contributed by atoms with Crippen LogP contribution in [0.5, 0.6) is 0 Å². The van der Waals surface area contributed by atoms with Crippen LogP contribution in [-0.2, 0) is 24.1 Å². The largest absolute Gasteiger partial charge is 0.319 e. The van der Waals surface area contributed by atoms with Gasteiger partial charge < -0.3 is 5.73 Å². The van der Waals surface area contributed by atoms with Gasteiger partial charge in [0.15, 0.2) is 5.78 Å². The summed E-state index contributed by atoms with van der Waals surface area (Å²) in [6, 6.07) is 6.47. The first kappa shape index (κ1) is 10.0. The van der Waals surface area contributed by atoms with Crippen molar-refractivity contribution in [2.45, 2.75) is 44.1 Å². The van der Waals surface area contributed by atoms with Crippen LogP contribution >= 0.6 is 0 Å². The monoisotopic (exact) mass is 215 g/mol. The Morgan fingerprint density at radius 3 is 2.75 bits per heavy atom. The molecule has 0 saturated heterocycles. The van der Waals surface area contributed by atoms with Crippen LogP contribution in [0.1, 0.15) is 36.0 Å². The topological polar surface area (TPSA) is 43.1 Å². The number of fused-ring (bicyclic) bond motifs is 1. The molecule has 2 aliphatic carbocycles. The van der Waals surface area contributed by atoms with Crippen molar-refractivity contribution in [3.8, 4) is 0 Å².